The van der Waals surface area contributed by atoms with Gasteiger partial charge >= 0.3 is 0 Å². The van der Waals surface area contributed by atoms with Gasteiger partial charge in [0.2, 0.25) is 9.84 Å². The van der Waals surface area contributed by atoms with E-state index in [0.29, 0.717) is 5.02 Å². The number of hydrogen-bond donors (Lipinski definition) is 0. The minimum Gasteiger partial charge on any atom is -0.298 e. The SMILES string of the molecule is CC(C)c1cc(Cl)cc(C(C)C)c1CC(=O)CS(=O)(=O)c1ccn(C(C)C)n1. The van der Waals surface area contributed by atoms with E-state index in [1.54, 1.807) is 10.9 Å². The van der Waals surface area contributed by atoms with E-state index < -0.39 is 15.6 Å². The first-order chi connectivity index (χ1) is 12.9. The van der Waals surface area contributed by atoms with Crippen LogP contribution in [-0.4, -0.2) is 29.7 Å². The molecule has 0 atom stereocenters. The molecule has 154 valence electrons. The molecule has 0 bridgehead atoms. The van der Waals surface area contributed by atoms with Gasteiger partial charge in [-0.3, -0.25) is 9.48 Å². The quantitative estimate of drug-likeness (QED) is 0.601. The minimum absolute atomic E-state index is 0.0518. The molecule has 0 saturated carbocycles. The van der Waals surface area contributed by atoms with Gasteiger partial charge in [0.25, 0.3) is 0 Å². The van der Waals surface area contributed by atoms with Gasteiger partial charge in [0.05, 0.1) is 0 Å². The summed E-state index contributed by atoms with van der Waals surface area (Å²) in [5.41, 5.74) is 2.87. The van der Waals surface area contributed by atoms with Gasteiger partial charge in [0.1, 0.15) is 5.75 Å². The van der Waals surface area contributed by atoms with Crippen molar-refractivity contribution in [3.8, 4) is 0 Å². The van der Waals surface area contributed by atoms with E-state index in [1.165, 1.54) is 6.07 Å². The van der Waals surface area contributed by atoms with Crippen LogP contribution >= 0.6 is 11.6 Å². The molecule has 0 radical (unpaired) electrons. The van der Waals surface area contributed by atoms with Crippen LogP contribution in [0.25, 0.3) is 0 Å². The van der Waals surface area contributed by atoms with Crippen molar-refractivity contribution in [1.82, 2.24) is 9.78 Å². The molecule has 28 heavy (non-hydrogen) atoms. The Labute approximate surface area is 173 Å². The second kappa shape index (κ2) is 8.78. The number of aromatic nitrogens is 2. The molecular formula is C21H29ClN2O3S. The van der Waals surface area contributed by atoms with E-state index in [0.717, 1.165) is 16.7 Å². The van der Waals surface area contributed by atoms with Crippen LogP contribution in [0.4, 0.5) is 0 Å². The number of benzene rings is 1. The zero-order chi connectivity index (χ0) is 21.2. The highest BCUT2D eigenvalue weighted by atomic mass is 35.5. The minimum atomic E-state index is -3.77. The first-order valence-corrected chi connectivity index (χ1v) is 11.6. The molecule has 0 aliphatic heterocycles. The molecule has 0 saturated heterocycles. The number of sulfone groups is 1. The number of halogens is 1. The third kappa shape index (κ3) is 5.23. The van der Waals surface area contributed by atoms with Gasteiger partial charge in [-0.2, -0.15) is 5.10 Å². The summed E-state index contributed by atoms with van der Waals surface area (Å²) >= 11 is 6.27. The number of nitrogens with zero attached hydrogens (tertiary/aromatic N) is 2. The maximum Gasteiger partial charge on any atom is 0.204 e. The lowest BCUT2D eigenvalue weighted by Crippen LogP contribution is -2.20. The zero-order valence-corrected chi connectivity index (χ0v) is 18.9. The molecule has 1 heterocycles. The lowest BCUT2D eigenvalue weighted by atomic mass is 9.86. The number of carbonyl (C=O) groups is 1. The molecular weight excluding hydrogens is 396 g/mol. The van der Waals surface area contributed by atoms with Crippen LogP contribution in [0.15, 0.2) is 29.4 Å². The number of rotatable bonds is 8. The number of Topliss-reactive ketones (excluding diaryl/α,β-unsaturated/α-hetero) is 1. The van der Waals surface area contributed by atoms with E-state index >= 15 is 0 Å². The summed E-state index contributed by atoms with van der Waals surface area (Å²) in [6.07, 6.45) is 1.69. The first kappa shape index (κ1) is 22.6. The molecule has 2 rings (SSSR count). The summed E-state index contributed by atoms with van der Waals surface area (Å²) in [4.78, 5) is 12.7. The van der Waals surface area contributed by atoms with E-state index in [2.05, 4.69) is 5.10 Å². The van der Waals surface area contributed by atoms with Crippen LogP contribution in [-0.2, 0) is 21.1 Å². The van der Waals surface area contributed by atoms with Gasteiger partial charge in [-0.25, -0.2) is 8.42 Å². The lowest BCUT2D eigenvalue weighted by Gasteiger charge is -2.20. The van der Waals surface area contributed by atoms with Crippen LogP contribution in [0.1, 0.15) is 76.1 Å². The van der Waals surface area contributed by atoms with Gasteiger partial charge in [-0.1, -0.05) is 39.3 Å². The molecule has 2 aromatic rings. The van der Waals surface area contributed by atoms with Crippen LogP contribution < -0.4 is 0 Å². The molecule has 0 aliphatic rings. The van der Waals surface area contributed by atoms with Crippen molar-refractivity contribution >= 4 is 27.2 Å². The Morgan fingerprint density at radius 3 is 2.04 bits per heavy atom. The van der Waals surface area contributed by atoms with Crippen molar-refractivity contribution in [3.63, 3.8) is 0 Å². The Balaban J connectivity index is 2.31. The van der Waals surface area contributed by atoms with Crippen molar-refractivity contribution in [3.05, 3.63) is 46.1 Å². The van der Waals surface area contributed by atoms with Crippen LogP contribution in [0.2, 0.25) is 5.02 Å². The first-order valence-electron chi connectivity index (χ1n) is 9.54. The van der Waals surface area contributed by atoms with Gasteiger partial charge in [-0.05, 0) is 60.6 Å². The molecule has 0 N–H and O–H groups in total. The fraction of sp³-hybridized carbons (Fsp3) is 0.524. The zero-order valence-electron chi connectivity index (χ0n) is 17.4. The third-order valence-electron chi connectivity index (χ3n) is 4.68. The smallest absolute Gasteiger partial charge is 0.204 e. The predicted molar refractivity (Wildman–Crippen MR) is 113 cm³/mol. The molecule has 7 heteroatoms. The van der Waals surface area contributed by atoms with E-state index in [9.17, 15) is 13.2 Å². The summed E-state index contributed by atoms with van der Waals surface area (Å²) in [6, 6.07) is 5.25. The summed E-state index contributed by atoms with van der Waals surface area (Å²) < 4.78 is 26.9. The number of hydrogen-bond acceptors (Lipinski definition) is 4. The number of carbonyl (C=O) groups excluding carboxylic acids is 1. The van der Waals surface area contributed by atoms with Gasteiger partial charge in [0, 0.05) is 23.7 Å². The molecule has 1 aromatic carbocycles. The Morgan fingerprint density at radius 1 is 1.07 bits per heavy atom. The fourth-order valence-electron chi connectivity index (χ4n) is 3.22. The Hall–Kier alpha value is -1.66. The normalized spacial score (nSPS) is 12.4. The average Bonchev–Trinajstić information content (AvgIpc) is 3.06. The molecule has 5 nitrogen and oxygen atoms in total. The molecule has 0 spiro atoms. The fourth-order valence-corrected chi connectivity index (χ4v) is 4.62. The van der Waals surface area contributed by atoms with Gasteiger partial charge in [-0.15, -0.1) is 0 Å². The van der Waals surface area contributed by atoms with Crippen molar-refractivity contribution in [2.75, 3.05) is 5.75 Å². The second-order valence-electron chi connectivity index (χ2n) is 8.07. The molecule has 1 aromatic heterocycles. The van der Waals surface area contributed by atoms with E-state index in [-0.39, 0.29) is 35.1 Å². The topological polar surface area (TPSA) is 69.0 Å². The highest BCUT2D eigenvalue weighted by molar-refractivity contribution is 7.92. The van der Waals surface area contributed by atoms with Gasteiger partial charge < -0.3 is 0 Å². The highest BCUT2D eigenvalue weighted by Gasteiger charge is 2.25. The summed E-state index contributed by atoms with van der Waals surface area (Å²) in [5.74, 6) is -0.542. The van der Waals surface area contributed by atoms with Crippen molar-refractivity contribution < 1.29 is 13.2 Å². The van der Waals surface area contributed by atoms with Crippen molar-refractivity contribution in [2.45, 2.75) is 70.9 Å². The Kier molecular flexibility index (Phi) is 7.10. The van der Waals surface area contributed by atoms with Crippen molar-refractivity contribution in [1.29, 1.82) is 0 Å². The number of ketones is 1. The second-order valence-corrected chi connectivity index (χ2v) is 10.4. The summed E-state index contributed by atoms with van der Waals surface area (Å²) in [6.45, 7) is 12.0. The van der Waals surface area contributed by atoms with Crippen LogP contribution in [0.3, 0.4) is 0 Å². The molecule has 0 fully saturated rings. The maximum absolute atomic E-state index is 12.7. The van der Waals surface area contributed by atoms with E-state index in [4.69, 9.17) is 11.6 Å². The highest BCUT2D eigenvalue weighted by Crippen LogP contribution is 2.32. The predicted octanol–water partition coefficient (Wildman–Crippen LogP) is 4.95. The third-order valence-corrected chi connectivity index (χ3v) is 6.46. The van der Waals surface area contributed by atoms with Crippen molar-refractivity contribution in [2.24, 2.45) is 0 Å². The largest absolute Gasteiger partial charge is 0.298 e. The van der Waals surface area contributed by atoms with Gasteiger partial charge in [0.15, 0.2) is 10.8 Å². The standard InChI is InChI=1S/C21H29ClN2O3S/c1-13(2)18-9-16(22)10-19(14(3)4)20(18)11-17(25)12-28(26,27)21-7-8-24(23-21)15(5)6/h7-10,13-15H,11-12H2,1-6H3. The molecule has 0 unspecified atom stereocenters. The lowest BCUT2D eigenvalue weighted by molar-refractivity contribution is -0.116. The van der Waals surface area contributed by atoms with Crippen LogP contribution in [0.5, 0.6) is 0 Å². The van der Waals surface area contributed by atoms with Crippen LogP contribution in [0, 0.1) is 0 Å². The average molecular weight is 425 g/mol. The monoisotopic (exact) mass is 424 g/mol. The Bertz CT molecular complexity index is 931. The maximum atomic E-state index is 12.7. The molecule has 0 amide bonds. The molecule has 0 aliphatic carbocycles. The Morgan fingerprint density at radius 2 is 1.61 bits per heavy atom. The summed E-state index contributed by atoms with van der Waals surface area (Å²) in [5, 5.41) is 4.68. The summed E-state index contributed by atoms with van der Waals surface area (Å²) in [7, 11) is -3.77. The van der Waals surface area contributed by atoms with E-state index in [1.807, 2.05) is 53.7 Å².